The van der Waals surface area contributed by atoms with Crippen LogP contribution in [-0.4, -0.2) is 50.1 Å². The number of hydrazone groups is 1. The maximum absolute atomic E-state index is 14.2. The number of carboxylic acid groups (broad SMARTS) is 1. The molecule has 0 bridgehead atoms. The smallest absolute Gasteiger partial charge is 0.335 e. The average Bonchev–Trinajstić information content (AvgIpc) is 3.41. The lowest BCUT2D eigenvalue weighted by molar-refractivity contribution is -0.112. The molecule has 0 aliphatic carbocycles. The van der Waals surface area contributed by atoms with Crippen LogP contribution in [0.25, 0.3) is 11.0 Å². The summed E-state index contributed by atoms with van der Waals surface area (Å²) in [5, 5.41) is 17.7. The minimum Gasteiger partial charge on any atom is -0.478 e. The van der Waals surface area contributed by atoms with E-state index in [2.05, 4.69) is 15.2 Å². The van der Waals surface area contributed by atoms with E-state index in [9.17, 15) is 18.4 Å². The molecule has 0 unspecified atom stereocenters. The summed E-state index contributed by atoms with van der Waals surface area (Å²) in [4.78, 5) is 35.9. The monoisotopic (exact) mass is 562 g/mol. The second kappa shape index (κ2) is 11.4. The molecule has 0 spiro atoms. The minimum atomic E-state index is -1.06. The van der Waals surface area contributed by atoms with Gasteiger partial charge in [-0.15, -0.1) is 0 Å². The minimum absolute atomic E-state index is 0.0427. The molecule has 210 valence electrons. The fourth-order valence-corrected chi connectivity index (χ4v) is 4.47. The number of carbonyl (C=O) groups is 2. The fourth-order valence-electron chi connectivity index (χ4n) is 4.47. The Labute approximate surface area is 231 Å². The van der Waals surface area contributed by atoms with Crippen LogP contribution in [0.4, 0.5) is 14.5 Å². The number of aromatic nitrogens is 2. The van der Waals surface area contributed by atoms with E-state index in [0.29, 0.717) is 34.7 Å². The van der Waals surface area contributed by atoms with E-state index in [1.54, 1.807) is 22.8 Å². The highest BCUT2D eigenvalue weighted by Crippen LogP contribution is 2.32. The van der Waals surface area contributed by atoms with Gasteiger partial charge in [0.2, 0.25) is 0 Å². The van der Waals surface area contributed by atoms with Gasteiger partial charge in [0.1, 0.15) is 30.4 Å². The zero-order chi connectivity index (χ0) is 29.1. The molecular weight excluding hydrogens is 538 g/mol. The zero-order valence-electron chi connectivity index (χ0n) is 21.4. The quantitative estimate of drug-likeness (QED) is 0.115. The summed E-state index contributed by atoms with van der Waals surface area (Å²) in [7, 11) is 0. The van der Waals surface area contributed by atoms with Crippen LogP contribution in [0.1, 0.15) is 27.3 Å². The van der Waals surface area contributed by atoms with E-state index in [-0.39, 0.29) is 36.5 Å². The summed E-state index contributed by atoms with van der Waals surface area (Å²) in [5.41, 5.74) is 2.26. The molecule has 0 saturated heterocycles. The number of fused-ring (bicyclic) bond motifs is 2. The lowest BCUT2D eigenvalue weighted by Gasteiger charge is -2.19. The Bertz CT molecular complexity index is 1690. The highest BCUT2D eigenvalue weighted by atomic mass is 19.1. The molecule has 4 aromatic rings. The Morgan fingerprint density at radius 2 is 1.83 bits per heavy atom. The van der Waals surface area contributed by atoms with Crippen LogP contribution in [0.5, 0.6) is 0 Å². The van der Waals surface area contributed by atoms with E-state index >= 15 is 0 Å². The average molecular weight is 563 g/mol. The highest BCUT2D eigenvalue weighted by Gasteiger charge is 2.36. The maximum atomic E-state index is 14.2. The molecule has 1 aliphatic heterocycles. The van der Waals surface area contributed by atoms with Crippen molar-refractivity contribution >= 4 is 40.6 Å². The van der Waals surface area contributed by atoms with Crippen molar-refractivity contribution < 1.29 is 28.3 Å². The van der Waals surface area contributed by atoms with Crippen LogP contribution in [0.15, 0.2) is 70.9 Å². The van der Waals surface area contributed by atoms with Gasteiger partial charge in [-0.25, -0.2) is 24.4 Å². The van der Waals surface area contributed by atoms with E-state index < -0.39 is 23.5 Å². The van der Waals surface area contributed by atoms with Crippen molar-refractivity contribution in [2.24, 2.45) is 21.9 Å². The first kappa shape index (κ1) is 27.2. The summed E-state index contributed by atoms with van der Waals surface area (Å²) < 4.78 is 30.0. The zero-order valence-corrected chi connectivity index (χ0v) is 21.4. The Morgan fingerprint density at radius 3 is 2.56 bits per heavy atom. The number of nitrogens with zero attached hydrogens (tertiary/aromatic N) is 6. The lowest BCUT2D eigenvalue weighted by atomic mass is 10.1. The van der Waals surface area contributed by atoms with Gasteiger partial charge in [0.05, 0.1) is 35.4 Å². The first-order valence-electron chi connectivity index (χ1n) is 12.3. The third kappa shape index (κ3) is 5.67. The summed E-state index contributed by atoms with van der Waals surface area (Å²) in [5.74, 6) is 8.81. The van der Waals surface area contributed by atoms with Crippen LogP contribution in [0, 0.1) is 11.6 Å². The molecule has 5 N–H and O–H groups in total. The normalized spacial score (nSPS) is 13.9. The molecule has 0 atom stereocenters. The molecule has 12 nitrogen and oxygen atoms in total. The molecule has 1 amide bonds. The van der Waals surface area contributed by atoms with Gasteiger partial charge in [0, 0.05) is 18.2 Å². The molecule has 14 heteroatoms. The molecule has 2 heterocycles. The van der Waals surface area contributed by atoms with Crippen molar-refractivity contribution in [3.8, 4) is 0 Å². The fraction of sp³-hybridized carbons (Fsp3) is 0.148. The second-order valence-electron chi connectivity index (χ2n) is 9.08. The summed E-state index contributed by atoms with van der Waals surface area (Å²) in [6.45, 7) is 0.493. The lowest BCUT2D eigenvalue weighted by Crippen LogP contribution is -2.34. The van der Waals surface area contributed by atoms with Gasteiger partial charge < -0.3 is 20.4 Å². The number of nitrogens with two attached hydrogens (primary N) is 2. The Morgan fingerprint density at radius 1 is 1.10 bits per heavy atom. The number of halogens is 2. The van der Waals surface area contributed by atoms with Crippen LogP contribution in [-0.2, 0) is 29.3 Å². The number of rotatable bonds is 10. The number of oxime groups is 1. The van der Waals surface area contributed by atoms with Crippen molar-refractivity contribution in [3.63, 3.8) is 0 Å². The Balaban J connectivity index is 1.43. The van der Waals surface area contributed by atoms with E-state index in [1.165, 1.54) is 58.7 Å². The highest BCUT2D eigenvalue weighted by molar-refractivity contribution is 6.54. The molecular formula is C27H24F2N8O4. The van der Waals surface area contributed by atoms with E-state index in [4.69, 9.17) is 21.6 Å². The van der Waals surface area contributed by atoms with Crippen LogP contribution in [0.2, 0.25) is 0 Å². The molecule has 0 saturated carbocycles. The topological polar surface area (TPSA) is 165 Å². The number of aromatic carboxylic acids is 1. The largest absolute Gasteiger partial charge is 0.478 e. The van der Waals surface area contributed by atoms with E-state index in [1.807, 2.05) is 0 Å². The molecule has 0 radical (unpaired) electrons. The number of hydrogen-bond acceptors (Lipinski definition) is 8. The van der Waals surface area contributed by atoms with Crippen molar-refractivity contribution in [2.75, 3.05) is 11.4 Å². The van der Waals surface area contributed by atoms with Gasteiger partial charge in [-0.2, -0.15) is 5.10 Å². The van der Waals surface area contributed by atoms with Crippen molar-refractivity contribution in [1.82, 2.24) is 14.6 Å². The van der Waals surface area contributed by atoms with Gasteiger partial charge in [-0.05, 0) is 48.0 Å². The Kier molecular flexibility index (Phi) is 7.56. The molecule has 1 aliphatic rings. The van der Waals surface area contributed by atoms with Gasteiger partial charge in [-0.1, -0.05) is 17.3 Å². The first-order chi connectivity index (χ1) is 19.7. The number of imidazole rings is 1. The van der Waals surface area contributed by atoms with E-state index in [0.717, 1.165) is 0 Å². The summed E-state index contributed by atoms with van der Waals surface area (Å²) in [6, 6.07) is 14.0. The second-order valence-corrected chi connectivity index (χ2v) is 9.08. The number of amides is 1. The third-order valence-corrected chi connectivity index (χ3v) is 6.43. The molecule has 41 heavy (non-hydrogen) atoms. The standard InChI is InChI=1S/C27H24F2N8O4/c28-18-5-7-22-20(11-18)25(34-41-14-16-1-3-17(4-2-16)27(39)40)26(38)37(22)13-24-33-21-12-19(29)6-8-23(21)36(24)10-9-35(31)15-32-30/h1-8,11-12,15H,9-10,13-14,30-31H2,(H,39,40)/b32-15-,34-25+. The number of anilines is 1. The summed E-state index contributed by atoms with van der Waals surface area (Å²) in [6.07, 6.45) is 1.25. The Hall–Kier alpha value is -5.37. The molecule has 1 aromatic heterocycles. The van der Waals surface area contributed by atoms with Crippen molar-refractivity contribution in [1.29, 1.82) is 0 Å². The predicted octanol–water partition coefficient (Wildman–Crippen LogP) is 2.56. The first-order valence-corrected chi connectivity index (χ1v) is 12.3. The van der Waals surface area contributed by atoms with Crippen molar-refractivity contribution in [3.05, 3.63) is 94.8 Å². The number of benzene rings is 3. The van der Waals surface area contributed by atoms with Gasteiger partial charge in [-0.3, -0.25) is 14.7 Å². The van der Waals surface area contributed by atoms with Crippen LogP contribution in [0.3, 0.4) is 0 Å². The summed E-state index contributed by atoms with van der Waals surface area (Å²) >= 11 is 0. The SMILES string of the molecule is N/N=C\N(N)CCn1c(CN2C(=O)/C(=N/OCc3ccc(C(=O)O)cc3)c3cc(F)ccc32)nc2cc(F)ccc21. The number of carboxylic acids is 1. The number of carbonyl (C=O) groups excluding carboxylic acids is 1. The van der Waals surface area contributed by atoms with Crippen molar-refractivity contribution in [2.45, 2.75) is 19.7 Å². The molecule has 0 fully saturated rings. The van der Waals surface area contributed by atoms with Gasteiger partial charge in [0.25, 0.3) is 5.91 Å². The molecule has 3 aromatic carbocycles. The van der Waals surface area contributed by atoms with Gasteiger partial charge in [0.15, 0.2) is 5.71 Å². The van der Waals surface area contributed by atoms with Crippen LogP contribution >= 0.6 is 0 Å². The number of hydrazine groups is 1. The van der Waals surface area contributed by atoms with Crippen LogP contribution < -0.4 is 16.6 Å². The maximum Gasteiger partial charge on any atom is 0.335 e. The number of hydrogen-bond donors (Lipinski definition) is 3. The third-order valence-electron chi connectivity index (χ3n) is 6.43. The van der Waals surface area contributed by atoms with Gasteiger partial charge >= 0.3 is 5.97 Å². The molecule has 5 rings (SSSR count). The predicted molar refractivity (Wildman–Crippen MR) is 146 cm³/mol.